The summed E-state index contributed by atoms with van der Waals surface area (Å²) in [6.07, 6.45) is 2.27. The number of aromatic amines is 1. The van der Waals surface area contributed by atoms with E-state index in [1.54, 1.807) is 0 Å². The van der Waals surface area contributed by atoms with Crippen LogP contribution >= 0.6 is 11.6 Å². The van der Waals surface area contributed by atoms with Gasteiger partial charge in [0.05, 0.1) is 18.4 Å². The van der Waals surface area contributed by atoms with E-state index in [2.05, 4.69) is 20.3 Å². The summed E-state index contributed by atoms with van der Waals surface area (Å²) >= 11 is 5.90. The number of nitrogens with zero attached hydrogens (tertiary/aromatic N) is 2. The molecule has 0 aliphatic rings. The van der Waals surface area contributed by atoms with Gasteiger partial charge in [-0.05, 0) is 36.8 Å². The van der Waals surface area contributed by atoms with Crippen LogP contribution in [0.5, 0.6) is 0 Å². The highest BCUT2D eigenvalue weighted by molar-refractivity contribution is 6.30. The Morgan fingerprint density at radius 3 is 2.45 bits per heavy atom. The Balaban J connectivity index is 1.75. The molecule has 0 radical (unpaired) electrons. The number of benzene rings is 1. The highest BCUT2D eigenvalue weighted by Gasteiger charge is 2.10. The van der Waals surface area contributed by atoms with Crippen LogP contribution in [0.4, 0.5) is 10.3 Å². The molecule has 0 fully saturated rings. The largest absolute Gasteiger partial charge is 0.357 e. The van der Waals surface area contributed by atoms with Gasteiger partial charge in [-0.1, -0.05) is 23.7 Å². The van der Waals surface area contributed by atoms with E-state index in [0.717, 1.165) is 29.3 Å². The molecule has 2 aromatic heterocycles. The Morgan fingerprint density at radius 1 is 1.09 bits per heavy atom. The summed E-state index contributed by atoms with van der Waals surface area (Å²) in [4.78, 5) is 11.1. The van der Waals surface area contributed by atoms with Gasteiger partial charge in [0, 0.05) is 16.4 Å². The van der Waals surface area contributed by atoms with E-state index in [0.29, 0.717) is 11.0 Å². The molecule has 22 heavy (non-hydrogen) atoms. The summed E-state index contributed by atoms with van der Waals surface area (Å²) in [6.45, 7) is 1.98. The fraction of sp³-hybridized carbons (Fsp3) is 0.125. The first-order chi connectivity index (χ1) is 10.6. The molecule has 0 unspecified atom stereocenters. The van der Waals surface area contributed by atoms with Gasteiger partial charge in [0.15, 0.2) is 5.82 Å². The second-order valence-corrected chi connectivity index (χ2v) is 5.36. The van der Waals surface area contributed by atoms with E-state index in [1.807, 2.05) is 43.3 Å². The first-order valence-corrected chi connectivity index (χ1v) is 7.18. The molecule has 3 rings (SSSR count). The van der Waals surface area contributed by atoms with Crippen molar-refractivity contribution in [3.8, 4) is 11.3 Å². The second-order valence-electron chi connectivity index (χ2n) is 4.93. The molecule has 0 aliphatic carbocycles. The highest BCUT2D eigenvalue weighted by atomic mass is 35.5. The summed E-state index contributed by atoms with van der Waals surface area (Å²) in [6, 6.07) is 11.6. The fourth-order valence-electron chi connectivity index (χ4n) is 2.12. The lowest BCUT2D eigenvalue weighted by Crippen LogP contribution is -2.09. The number of hydrogen-bond acceptors (Lipinski definition) is 3. The van der Waals surface area contributed by atoms with Crippen molar-refractivity contribution in [1.82, 2.24) is 15.0 Å². The van der Waals surface area contributed by atoms with E-state index in [9.17, 15) is 4.39 Å². The van der Waals surface area contributed by atoms with Gasteiger partial charge in [0.2, 0.25) is 5.95 Å². The Kier molecular flexibility index (Phi) is 4.06. The predicted molar refractivity (Wildman–Crippen MR) is 85.3 cm³/mol. The van der Waals surface area contributed by atoms with Crippen molar-refractivity contribution in [3.05, 3.63) is 65.3 Å². The van der Waals surface area contributed by atoms with Gasteiger partial charge < -0.3 is 10.3 Å². The zero-order valence-corrected chi connectivity index (χ0v) is 12.6. The number of rotatable bonds is 4. The average Bonchev–Trinajstić information content (AvgIpc) is 3.00. The molecule has 1 aromatic carbocycles. The van der Waals surface area contributed by atoms with Crippen LogP contribution in [0.2, 0.25) is 5.02 Å². The zero-order valence-electron chi connectivity index (χ0n) is 11.8. The minimum atomic E-state index is -0.455. The van der Waals surface area contributed by atoms with Crippen molar-refractivity contribution < 1.29 is 4.39 Å². The van der Waals surface area contributed by atoms with E-state index >= 15 is 0 Å². The second kappa shape index (κ2) is 6.15. The van der Waals surface area contributed by atoms with E-state index < -0.39 is 5.82 Å². The fourth-order valence-corrected chi connectivity index (χ4v) is 2.25. The molecule has 1 atom stereocenters. The number of aromatic nitrogens is 3. The van der Waals surface area contributed by atoms with Gasteiger partial charge in [0.25, 0.3) is 0 Å². The molecular weight excluding hydrogens is 303 g/mol. The number of halogens is 2. The monoisotopic (exact) mass is 316 g/mol. The molecule has 0 aliphatic heterocycles. The lowest BCUT2D eigenvalue weighted by Gasteiger charge is -2.12. The van der Waals surface area contributed by atoms with Crippen molar-refractivity contribution in [2.45, 2.75) is 13.0 Å². The third-order valence-corrected chi connectivity index (χ3v) is 3.55. The van der Waals surface area contributed by atoms with Gasteiger partial charge in [-0.15, -0.1) is 0 Å². The van der Waals surface area contributed by atoms with E-state index in [-0.39, 0.29) is 6.04 Å². The first kappa shape index (κ1) is 14.5. The van der Waals surface area contributed by atoms with Crippen molar-refractivity contribution >= 4 is 17.5 Å². The van der Waals surface area contributed by atoms with Crippen molar-refractivity contribution in [3.63, 3.8) is 0 Å². The maximum atomic E-state index is 12.8. The van der Waals surface area contributed by atoms with E-state index in [1.165, 1.54) is 0 Å². The lowest BCUT2D eigenvalue weighted by molar-refractivity contribution is 0.613. The molecule has 0 spiro atoms. The normalized spacial score (nSPS) is 12.1. The average molecular weight is 317 g/mol. The van der Waals surface area contributed by atoms with Crippen molar-refractivity contribution in [2.75, 3.05) is 5.32 Å². The third kappa shape index (κ3) is 3.26. The summed E-state index contributed by atoms with van der Waals surface area (Å²) in [7, 11) is 0. The minimum absolute atomic E-state index is 0.0356. The maximum absolute atomic E-state index is 12.8. The molecule has 4 nitrogen and oxygen atoms in total. The summed E-state index contributed by atoms with van der Waals surface area (Å²) in [5.74, 6) is -0.0698. The smallest absolute Gasteiger partial charge is 0.223 e. The number of hydrogen-bond donors (Lipinski definition) is 2. The van der Waals surface area contributed by atoms with Crippen LogP contribution in [0.25, 0.3) is 11.3 Å². The summed E-state index contributed by atoms with van der Waals surface area (Å²) < 4.78 is 12.8. The molecule has 6 heteroatoms. The molecule has 0 saturated heterocycles. The quantitative estimate of drug-likeness (QED) is 0.748. The lowest BCUT2D eigenvalue weighted by atomic mass is 10.2. The maximum Gasteiger partial charge on any atom is 0.223 e. The van der Waals surface area contributed by atoms with Crippen molar-refractivity contribution in [2.24, 2.45) is 0 Å². The summed E-state index contributed by atoms with van der Waals surface area (Å²) in [5.41, 5.74) is 3.04. The molecule has 0 bridgehead atoms. The third-order valence-electron chi connectivity index (χ3n) is 3.30. The van der Waals surface area contributed by atoms with Crippen LogP contribution in [0.3, 0.4) is 0 Å². The van der Waals surface area contributed by atoms with E-state index in [4.69, 9.17) is 11.6 Å². The first-order valence-electron chi connectivity index (χ1n) is 6.81. The highest BCUT2D eigenvalue weighted by Crippen LogP contribution is 2.24. The topological polar surface area (TPSA) is 53.6 Å². The van der Waals surface area contributed by atoms with Crippen LogP contribution in [0, 0.1) is 5.82 Å². The van der Waals surface area contributed by atoms with Crippen molar-refractivity contribution in [1.29, 1.82) is 0 Å². The van der Waals surface area contributed by atoms with Crippen LogP contribution in [-0.4, -0.2) is 15.0 Å². The Labute approximate surface area is 132 Å². The van der Waals surface area contributed by atoms with Gasteiger partial charge in [-0.2, -0.15) is 0 Å². The van der Waals surface area contributed by atoms with Crippen LogP contribution in [-0.2, 0) is 0 Å². The van der Waals surface area contributed by atoms with Gasteiger partial charge in [-0.25, -0.2) is 14.4 Å². The van der Waals surface area contributed by atoms with Crippen LogP contribution in [0.15, 0.2) is 48.8 Å². The van der Waals surface area contributed by atoms with Crippen LogP contribution < -0.4 is 5.32 Å². The molecule has 3 aromatic rings. The Morgan fingerprint density at radius 2 is 1.77 bits per heavy atom. The molecule has 112 valence electrons. The Hall–Kier alpha value is -2.40. The number of anilines is 1. The zero-order chi connectivity index (χ0) is 15.5. The number of nitrogens with one attached hydrogen (secondary N) is 2. The molecule has 0 amide bonds. The molecular formula is C16H14ClFN4. The minimum Gasteiger partial charge on any atom is -0.357 e. The molecule has 2 heterocycles. The number of H-pyrrole nitrogens is 1. The summed E-state index contributed by atoms with van der Waals surface area (Å²) in [5, 5.41) is 3.83. The predicted octanol–water partition coefficient (Wildman–Crippen LogP) is 4.44. The standard InChI is InChI=1S/C16H14ClFN4/c1-10(21-16-19-8-13(18)9-20-16)14-6-7-15(22-14)11-2-4-12(17)5-3-11/h2-10,22H,1H3,(H,19,20,21)/t10-/m1/s1. The SMILES string of the molecule is C[C@@H](Nc1ncc(F)cn1)c1ccc(-c2ccc(Cl)cc2)[nH]1. The van der Waals surface area contributed by atoms with Gasteiger partial charge in [-0.3, -0.25) is 0 Å². The molecule has 2 N–H and O–H groups in total. The van der Waals surface area contributed by atoms with Gasteiger partial charge in [0.1, 0.15) is 0 Å². The van der Waals surface area contributed by atoms with Crippen LogP contribution in [0.1, 0.15) is 18.7 Å². The Bertz CT molecular complexity index is 753. The van der Waals surface area contributed by atoms with Gasteiger partial charge >= 0.3 is 0 Å². The molecule has 0 saturated carbocycles.